The molecule has 0 unspecified atom stereocenters. The molecular formula is C16H20N4O2S. The van der Waals surface area contributed by atoms with Crippen LogP contribution < -0.4 is 5.32 Å². The zero-order valence-corrected chi connectivity index (χ0v) is 14.1. The quantitative estimate of drug-likeness (QED) is 0.871. The highest BCUT2D eigenvalue weighted by Gasteiger charge is 2.28. The van der Waals surface area contributed by atoms with Crippen molar-refractivity contribution in [3.8, 4) is 0 Å². The number of carbonyl (C=O) groups is 2. The summed E-state index contributed by atoms with van der Waals surface area (Å²) in [4.78, 5) is 30.5. The number of nitrogens with zero attached hydrogens (tertiary/aromatic N) is 3. The van der Waals surface area contributed by atoms with E-state index in [9.17, 15) is 9.59 Å². The fourth-order valence-electron chi connectivity index (χ4n) is 3.03. The Morgan fingerprint density at radius 3 is 2.96 bits per heavy atom. The third-order valence-electron chi connectivity index (χ3n) is 4.02. The van der Waals surface area contributed by atoms with Crippen molar-refractivity contribution in [2.75, 3.05) is 19.3 Å². The van der Waals surface area contributed by atoms with Gasteiger partial charge in [0.05, 0.1) is 5.52 Å². The summed E-state index contributed by atoms with van der Waals surface area (Å²) < 4.78 is 1.94. The maximum atomic E-state index is 12.9. The van der Waals surface area contributed by atoms with E-state index >= 15 is 0 Å². The van der Waals surface area contributed by atoms with E-state index in [-0.39, 0.29) is 17.9 Å². The molecule has 0 spiro atoms. The first-order chi connectivity index (χ1) is 11.1. The van der Waals surface area contributed by atoms with Crippen molar-refractivity contribution >= 4 is 29.1 Å². The highest BCUT2D eigenvalue weighted by molar-refractivity contribution is 7.98. The molecule has 0 aliphatic carbocycles. The van der Waals surface area contributed by atoms with Gasteiger partial charge in [0.2, 0.25) is 5.91 Å². The van der Waals surface area contributed by atoms with Gasteiger partial charge >= 0.3 is 0 Å². The highest BCUT2D eigenvalue weighted by Crippen LogP contribution is 2.22. The Morgan fingerprint density at radius 2 is 2.22 bits per heavy atom. The lowest BCUT2D eigenvalue weighted by Crippen LogP contribution is -2.49. The lowest BCUT2D eigenvalue weighted by molar-refractivity contribution is -0.120. The molecule has 3 rings (SSSR count). The molecule has 2 aromatic heterocycles. The van der Waals surface area contributed by atoms with Gasteiger partial charge in [0, 0.05) is 32.3 Å². The van der Waals surface area contributed by atoms with Gasteiger partial charge in [0.25, 0.3) is 5.91 Å². The van der Waals surface area contributed by atoms with Crippen LogP contribution in [0.25, 0.3) is 5.52 Å². The zero-order valence-electron chi connectivity index (χ0n) is 13.3. The van der Waals surface area contributed by atoms with Crippen LogP contribution in [-0.2, 0) is 4.79 Å². The van der Waals surface area contributed by atoms with Gasteiger partial charge in [-0.05, 0) is 31.2 Å². The van der Waals surface area contributed by atoms with E-state index in [1.165, 1.54) is 18.7 Å². The van der Waals surface area contributed by atoms with E-state index in [4.69, 9.17) is 0 Å². The summed E-state index contributed by atoms with van der Waals surface area (Å²) in [6.45, 7) is 2.75. The number of amides is 2. The van der Waals surface area contributed by atoms with Crippen LogP contribution in [0.3, 0.4) is 0 Å². The van der Waals surface area contributed by atoms with Crippen LogP contribution in [0.1, 0.15) is 30.3 Å². The molecule has 6 nitrogen and oxygen atoms in total. The Hall–Kier alpha value is -2.02. The summed E-state index contributed by atoms with van der Waals surface area (Å²) >= 11 is 1.52. The van der Waals surface area contributed by atoms with E-state index < -0.39 is 0 Å². The van der Waals surface area contributed by atoms with Gasteiger partial charge in [-0.25, -0.2) is 4.98 Å². The number of rotatable bonds is 3. The largest absolute Gasteiger partial charge is 0.352 e. The van der Waals surface area contributed by atoms with Crippen molar-refractivity contribution in [3.05, 3.63) is 30.1 Å². The van der Waals surface area contributed by atoms with Gasteiger partial charge in [-0.2, -0.15) is 0 Å². The highest BCUT2D eigenvalue weighted by atomic mass is 32.2. The Labute approximate surface area is 139 Å². The third-order valence-corrected chi connectivity index (χ3v) is 4.67. The van der Waals surface area contributed by atoms with E-state index in [0.717, 1.165) is 23.5 Å². The molecule has 23 heavy (non-hydrogen) atoms. The van der Waals surface area contributed by atoms with E-state index in [1.54, 1.807) is 4.90 Å². The van der Waals surface area contributed by atoms with Crippen LogP contribution in [-0.4, -0.2) is 51.5 Å². The summed E-state index contributed by atoms with van der Waals surface area (Å²) in [5.74, 6) is -0.120. The molecule has 2 amide bonds. The number of carbonyl (C=O) groups excluding carboxylic acids is 2. The standard InChI is InChI=1S/C16H20N4O2S/c1-11(21)17-12-6-5-8-19(10-12)15(22)14-13-7-3-4-9-20(13)16(18-14)23-2/h3-4,7,9,12H,5-6,8,10H2,1-2H3,(H,17,21)/t12-/m0/s1. The Morgan fingerprint density at radius 1 is 1.39 bits per heavy atom. The smallest absolute Gasteiger partial charge is 0.274 e. The average Bonchev–Trinajstić information content (AvgIpc) is 2.92. The summed E-state index contributed by atoms with van der Waals surface area (Å²) in [5, 5.41) is 3.71. The lowest BCUT2D eigenvalue weighted by atomic mass is 10.1. The molecule has 1 fully saturated rings. The second-order valence-corrected chi connectivity index (χ2v) is 6.47. The van der Waals surface area contributed by atoms with E-state index in [2.05, 4.69) is 10.3 Å². The number of likely N-dealkylation sites (tertiary alicyclic amines) is 1. The maximum Gasteiger partial charge on any atom is 0.274 e. The molecular weight excluding hydrogens is 312 g/mol. The molecule has 7 heteroatoms. The normalized spacial score (nSPS) is 18.2. The monoisotopic (exact) mass is 332 g/mol. The zero-order chi connectivity index (χ0) is 16.4. The third kappa shape index (κ3) is 3.19. The first-order valence-corrected chi connectivity index (χ1v) is 8.90. The predicted octanol–water partition coefficient (Wildman–Crippen LogP) is 1.80. The van der Waals surface area contributed by atoms with Gasteiger partial charge in [0.1, 0.15) is 0 Å². The molecule has 2 aromatic rings. The van der Waals surface area contributed by atoms with Crippen LogP contribution in [0.2, 0.25) is 0 Å². The summed E-state index contributed by atoms with van der Waals surface area (Å²) in [7, 11) is 0. The fraction of sp³-hybridized carbons (Fsp3) is 0.438. The molecule has 1 aliphatic rings. The first kappa shape index (κ1) is 15.9. The van der Waals surface area contributed by atoms with E-state index in [1.807, 2.05) is 35.1 Å². The SMILES string of the molecule is CSc1nc(C(=O)N2CCC[C@H](NC(C)=O)C2)c2ccccn12. The van der Waals surface area contributed by atoms with Crippen molar-refractivity contribution in [3.63, 3.8) is 0 Å². The maximum absolute atomic E-state index is 12.9. The van der Waals surface area contributed by atoms with Gasteiger partial charge in [-0.3, -0.25) is 14.0 Å². The van der Waals surface area contributed by atoms with Crippen LogP contribution in [0.5, 0.6) is 0 Å². The van der Waals surface area contributed by atoms with Crippen molar-refractivity contribution in [2.45, 2.75) is 31.0 Å². The van der Waals surface area contributed by atoms with Crippen molar-refractivity contribution in [1.29, 1.82) is 0 Å². The summed E-state index contributed by atoms with van der Waals surface area (Å²) in [6, 6.07) is 5.78. The molecule has 1 N–H and O–H groups in total. The summed E-state index contributed by atoms with van der Waals surface area (Å²) in [5.41, 5.74) is 1.31. The molecule has 3 heterocycles. The second kappa shape index (κ2) is 6.62. The Kier molecular flexibility index (Phi) is 4.56. The van der Waals surface area contributed by atoms with Crippen LogP contribution in [0.4, 0.5) is 0 Å². The molecule has 0 saturated carbocycles. The molecule has 1 atom stereocenters. The molecule has 1 aliphatic heterocycles. The van der Waals surface area contributed by atoms with Crippen molar-refractivity contribution < 1.29 is 9.59 Å². The lowest BCUT2D eigenvalue weighted by Gasteiger charge is -2.32. The predicted molar refractivity (Wildman–Crippen MR) is 89.7 cm³/mol. The minimum atomic E-state index is -0.0657. The van der Waals surface area contributed by atoms with Crippen LogP contribution in [0.15, 0.2) is 29.6 Å². The fourth-order valence-corrected chi connectivity index (χ4v) is 3.57. The minimum absolute atomic E-state index is 0.0269. The van der Waals surface area contributed by atoms with Crippen molar-refractivity contribution in [1.82, 2.24) is 19.6 Å². The first-order valence-electron chi connectivity index (χ1n) is 7.67. The molecule has 0 radical (unpaired) electrons. The average molecular weight is 332 g/mol. The number of aromatic nitrogens is 2. The summed E-state index contributed by atoms with van der Waals surface area (Å²) in [6.07, 6.45) is 5.66. The van der Waals surface area contributed by atoms with Crippen molar-refractivity contribution in [2.24, 2.45) is 0 Å². The number of piperidine rings is 1. The number of hydrogen-bond acceptors (Lipinski definition) is 4. The minimum Gasteiger partial charge on any atom is -0.352 e. The van der Waals surface area contributed by atoms with E-state index in [0.29, 0.717) is 18.8 Å². The number of hydrogen-bond donors (Lipinski definition) is 1. The number of nitrogens with one attached hydrogen (secondary N) is 1. The van der Waals surface area contributed by atoms with Gasteiger partial charge < -0.3 is 10.2 Å². The van der Waals surface area contributed by atoms with Gasteiger partial charge in [-0.15, -0.1) is 0 Å². The van der Waals surface area contributed by atoms with Gasteiger partial charge in [0.15, 0.2) is 10.9 Å². The number of fused-ring (bicyclic) bond motifs is 1. The number of pyridine rings is 1. The molecule has 0 bridgehead atoms. The number of thioether (sulfide) groups is 1. The second-order valence-electron chi connectivity index (χ2n) is 5.69. The molecule has 1 saturated heterocycles. The Bertz CT molecular complexity index is 743. The molecule has 0 aromatic carbocycles. The molecule has 122 valence electrons. The van der Waals surface area contributed by atoms with Gasteiger partial charge in [-0.1, -0.05) is 17.8 Å². The topological polar surface area (TPSA) is 66.7 Å². The Balaban J connectivity index is 1.87. The van der Waals surface area contributed by atoms with Crippen LogP contribution in [0, 0.1) is 0 Å². The van der Waals surface area contributed by atoms with Crippen LogP contribution >= 0.6 is 11.8 Å². The number of imidazole rings is 1.